The van der Waals surface area contributed by atoms with Gasteiger partial charge < -0.3 is 47.4 Å². The molecule has 35 heavy (non-hydrogen) atoms. The Hall–Kier alpha value is -1.15. The highest BCUT2D eigenvalue weighted by molar-refractivity contribution is 5.81. The first kappa shape index (κ1) is 33.8. The quantitative estimate of drug-likeness (QED) is 0.0824. The van der Waals surface area contributed by atoms with Crippen molar-refractivity contribution in [1.82, 2.24) is 0 Å². The van der Waals surface area contributed by atoms with Crippen molar-refractivity contribution in [2.75, 3.05) is 119 Å². The fourth-order valence-electron chi connectivity index (χ4n) is 2.24. The van der Waals surface area contributed by atoms with Crippen LogP contribution < -0.4 is 0 Å². The van der Waals surface area contributed by atoms with E-state index < -0.39 is 5.97 Å². The summed E-state index contributed by atoms with van der Waals surface area (Å²) in [5, 5.41) is 0. The van der Waals surface area contributed by atoms with E-state index in [1.165, 1.54) is 0 Å². The summed E-state index contributed by atoms with van der Waals surface area (Å²) in [6.45, 7) is 16.1. The van der Waals surface area contributed by atoms with Gasteiger partial charge in [0.2, 0.25) is 0 Å². The molecule has 0 saturated heterocycles. The molecule has 0 saturated carbocycles. The summed E-state index contributed by atoms with van der Waals surface area (Å²) in [5.41, 5.74) is 0. The van der Waals surface area contributed by atoms with Gasteiger partial charge in [0, 0.05) is 6.08 Å². The zero-order chi connectivity index (χ0) is 25.7. The molecule has 0 aromatic carbocycles. The summed E-state index contributed by atoms with van der Waals surface area (Å²) in [6.07, 6.45) is 1.35. The maximum absolute atomic E-state index is 10.8. The van der Waals surface area contributed by atoms with Crippen LogP contribution in [0.25, 0.3) is 0 Å². The largest absolute Gasteiger partial charge is 0.460 e. The van der Waals surface area contributed by atoms with E-state index in [0.29, 0.717) is 112 Å². The molecule has 0 aromatic heterocycles. The van der Waals surface area contributed by atoms with Crippen LogP contribution >= 0.6 is 0 Å². The number of rotatable bonds is 29. The number of hydrogen-bond acceptors (Lipinski definition) is 11. The molecule has 0 aliphatic heterocycles. The Bertz CT molecular complexity index is 449. The lowest BCUT2D eigenvalue weighted by Gasteiger charge is -2.09. The van der Waals surface area contributed by atoms with Crippen LogP contribution in [-0.4, -0.2) is 131 Å². The van der Waals surface area contributed by atoms with Gasteiger partial charge in [-0.2, -0.15) is 0 Å². The first-order chi connectivity index (χ1) is 17.2. The molecule has 0 amide bonds. The molecule has 0 heterocycles. The minimum Gasteiger partial charge on any atom is -0.460 e. The predicted octanol–water partition coefficient (Wildman–Crippen LogP) is 1.27. The maximum atomic E-state index is 10.8. The predicted molar refractivity (Wildman–Crippen MR) is 129 cm³/mol. The molecule has 0 unspecified atom stereocenters. The summed E-state index contributed by atoms with van der Waals surface area (Å²) in [6, 6.07) is 0. The van der Waals surface area contributed by atoms with Gasteiger partial charge in [0.15, 0.2) is 0 Å². The Balaban J connectivity index is 3.04. The third-order valence-electron chi connectivity index (χ3n) is 3.92. The van der Waals surface area contributed by atoms with Crippen molar-refractivity contribution in [3.05, 3.63) is 12.7 Å². The number of hydrogen-bond donors (Lipinski definition) is 0. The smallest absolute Gasteiger partial charge is 0.330 e. The fraction of sp³-hybridized carbons (Fsp3) is 0.875. The molecule has 11 heteroatoms. The monoisotopic (exact) mass is 510 g/mol. The lowest BCUT2D eigenvalue weighted by molar-refractivity contribution is -0.139. The van der Waals surface area contributed by atoms with Crippen LogP contribution in [0.4, 0.5) is 0 Å². The van der Waals surface area contributed by atoms with Crippen LogP contribution in [-0.2, 0) is 52.2 Å². The number of carbonyl (C=O) groups excluding carboxylic acids is 1. The first-order valence-electron chi connectivity index (χ1n) is 12.2. The van der Waals surface area contributed by atoms with Gasteiger partial charge in [0.25, 0.3) is 0 Å². The minimum atomic E-state index is -0.456. The first-order valence-corrected chi connectivity index (χ1v) is 12.2. The molecule has 0 aliphatic carbocycles. The van der Waals surface area contributed by atoms with E-state index in [2.05, 4.69) is 6.58 Å². The van der Waals surface area contributed by atoms with E-state index in [0.717, 1.165) is 6.08 Å². The zero-order valence-electron chi connectivity index (χ0n) is 21.6. The molecule has 0 aromatic rings. The highest BCUT2D eigenvalue weighted by Gasteiger charge is 1.97. The topological polar surface area (TPSA) is 109 Å². The molecule has 0 bridgehead atoms. The van der Waals surface area contributed by atoms with E-state index in [1.54, 1.807) is 0 Å². The molecule has 0 radical (unpaired) electrons. The second-order valence-electron chi connectivity index (χ2n) is 7.19. The van der Waals surface area contributed by atoms with Gasteiger partial charge in [-0.3, -0.25) is 0 Å². The van der Waals surface area contributed by atoms with Crippen LogP contribution in [0.5, 0.6) is 0 Å². The Labute approximate surface area is 210 Å². The summed E-state index contributed by atoms with van der Waals surface area (Å²) in [5.74, 6) is -0.456. The fourth-order valence-corrected chi connectivity index (χ4v) is 2.24. The molecular weight excluding hydrogens is 464 g/mol. The Morgan fingerprint density at radius 3 is 1.03 bits per heavy atom. The van der Waals surface area contributed by atoms with Crippen molar-refractivity contribution in [3.8, 4) is 0 Å². The molecule has 208 valence electrons. The van der Waals surface area contributed by atoms with Crippen LogP contribution in [0, 0.1) is 0 Å². The Morgan fingerprint density at radius 1 is 0.514 bits per heavy atom. The summed E-state index contributed by atoms with van der Waals surface area (Å²) >= 11 is 0. The van der Waals surface area contributed by atoms with Crippen molar-refractivity contribution >= 4 is 5.97 Å². The van der Waals surface area contributed by atoms with Crippen molar-refractivity contribution in [2.24, 2.45) is 0 Å². The molecular formula is C24H46O11. The van der Waals surface area contributed by atoms with Gasteiger partial charge in [-0.1, -0.05) is 6.58 Å². The molecule has 11 nitrogen and oxygen atoms in total. The second-order valence-corrected chi connectivity index (χ2v) is 7.19. The molecule has 0 N–H and O–H groups in total. The standard InChI is InChI=1S/C24H46O11/c1-4-24(25)35-22-20-33-18-16-31-14-12-29-10-8-27-6-5-26-7-9-28-11-13-30-15-17-32-19-21-34-23(2)3/h4,23H,1,5-22H2,2-3H3. The second kappa shape index (κ2) is 29.1. The number of carbonyl (C=O) groups is 1. The van der Waals surface area contributed by atoms with E-state index >= 15 is 0 Å². The Kier molecular flexibility index (Phi) is 28.1. The van der Waals surface area contributed by atoms with Crippen molar-refractivity contribution in [1.29, 1.82) is 0 Å². The minimum absolute atomic E-state index is 0.203. The molecule has 0 atom stereocenters. The van der Waals surface area contributed by atoms with E-state index in [1.807, 2.05) is 13.8 Å². The third-order valence-corrected chi connectivity index (χ3v) is 3.92. The lowest BCUT2D eigenvalue weighted by atomic mass is 10.5. The van der Waals surface area contributed by atoms with Gasteiger partial charge in [-0.25, -0.2) is 4.79 Å². The van der Waals surface area contributed by atoms with E-state index in [-0.39, 0.29) is 12.7 Å². The van der Waals surface area contributed by atoms with Crippen molar-refractivity contribution in [3.63, 3.8) is 0 Å². The van der Waals surface area contributed by atoms with Crippen LogP contribution in [0.15, 0.2) is 12.7 Å². The van der Waals surface area contributed by atoms with Gasteiger partial charge in [0.1, 0.15) is 6.61 Å². The lowest BCUT2D eigenvalue weighted by Crippen LogP contribution is -2.15. The van der Waals surface area contributed by atoms with Crippen LogP contribution in [0.2, 0.25) is 0 Å². The van der Waals surface area contributed by atoms with Crippen molar-refractivity contribution < 1.29 is 52.2 Å². The molecule has 0 fully saturated rings. The summed E-state index contributed by atoms with van der Waals surface area (Å²) < 4.78 is 53.3. The summed E-state index contributed by atoms with van der Waals surface area (Å²) in [4.78, 5) is 10.8. The zero-order valence-corrected chi connectivity index (χ0v) is 21.6. The number of ether oxygens (including phenoxy) is 10. The SMILES string of the molecule is C=CC(=O)OCCOCCOCCOCCOCCOCCOCCOCCOCCOC(C)C. The van der Waals surface area contributed by atoms with Crippen LogP contribution in [0.3, 0.4) is 0 Å². The van der Waals surface area contributed by atoms with Gasteiger partial charge in [0.05, 0.1) is 118 Å². The Morgan fingerprint density at radius 2 is 0.771 bits per heavy atom. The van der Waals surface area contributed by atoms with Gasteiger partial charge >= 0.3 is 5.97 Å². The molecule has 0 spiro atoms. The highest BCUT2D eigenvalue weighted by atomic mass is 16.6. The third kappa shape index (κ3) is 30.8. The highest BCUT2D eigenvalue weighted by Crippen LogP contribution is 1.88. The van der Waals surface area contributed by atoms with Crippen LogP contribution in [0.1, 0.15) is 13.8 Å². The molecule has 0 rings (SSSR count). The average Bonchev–Trinajstić information content (AvgIpc) is 2.85. The maximum Gasteiger partial charge on any atom is 0.330 e. The molecule has 0 aliphatic rings. The number of esters is 1. The normalized spacial score (nSPS) is 11.3. The van der Waals surface area contributed by atoms with Gasteiger partial charge in [-0.15, -0.1) is 0 Å². The summed E-state index contributed by atoms with van der Waals surface area (Å²) in [7, 11) is 0. The average molecular weight is 511 g/mol. The van der Waals surface area contributed by atoms with Crippen molar-refractivity contribution in [2.45, 2.75) is 20.0 Å². The van der Waals surface area contributed by atoms with E-state index in [9.17, 15) is 4.79 Å². The van der Waals surface area contributed by atoms with E-state index in [4.69, 9.17) is 47.4 Å². The van der Waals surface area contributed by atoms with Gasteiger partial charge in [-0.05, 0) is 13.8 Å².